The van der Waals surface area contributed by atoms with Gasteiger partial charge in [0.15, 0.2) is 0 Å². The summed E-state index contributed by atoms with van der Waals surface area (Å²) in [7, 11) is 1.53. The maximum atomic E-state index is 11.7. The maximum absolute atomic E-state index is 11.7. The number of unbranched alkanes of at least 4 members (excludes halogenated alkanes) is 12. The molecule has 1 atom stereocenters. The Kier molecular flexibility index (Phi) is 12.4. The summed E-state index contributed by atoms with van der Waals surface area (Å²) in [5.74, 6) is 0.874. The highest BCUT2D eigenvalue weighted by Crippen LogP contribution is 2.40. The number of carbonyl (C=O) groups excluding carboxylic acids is 1. The molecule has 0 amide bonds. The average Bonchev–Trinajstić information content (AvgIpc) is 3.39. The summed E-state index contributed by atoms with van der Waals surface area (Å²) in [5.41, 5.74) is 0. The molecule has 0 aromatic heterocycles. The highest BCUT2D eigenvalue weighted by atomic mass is 16.5. The minimum atomic E-state index is 0.0337. The standard InChI is InChI=1S/C21H40O2/c1-3-4-5-6-7-8-9-10-11-12-13-14-15-16-20(19-17-18-19)21(22)23-2/h19-20H,3-18H2,1-2H3. The first-order valence-corrected chi connectivity index (χ1v) is 10.4. The molecule has 1 saturated carbocycles. The number of methoxy groups -OCH3 is 1. The number of esters is 1. The van der Waals surface area contributed by atoms with Gasteiger partial charge in [0.05, 0.1) is 13.0 Å². The Morgan fingerprint density at radius 3 is 1.65 bits per heavy atom. The first kappa shape index (κ1) is 20.5. The molecule has 2 heteroatoms. The lowest BCUT2D eigenvalue weighted by molar-refractivity contribution is -0.146. The van der Waals surface area contributed by atoms with Gasteiger partial charge in [-0.1, -0.05) is 90.4 Å². The van der Waals surface area contributed by atoms with E-state index in [9.17, 15) is 4.79 Å². The zero-order valence-corrected chi connectivity index (χ0v) is 15.8. The first-order valence-electron chi connectivity index (χ1n) is 10.4. The lowest BCUT2D eigenvalue weighted by atomic mass is 9.95. The van der Waals surface area contributed by atoms with Crippen molar-refractivity contribution < 1.29 is 9.53 Å². The number of hydrogen-bond donors (Lipinski definition) is 0. The first-order chi connectivity index (χ1) is 11.3. The van der Waals surface area contributed by atoms with E-state index in [0.29, 0.717) is 5.92 Å². The van der Waals surface area contributed by atoms with Gasteiger partial charge in [0.2, 0.25) is 0 Å². The Morgan fingerprint density at radius 1 is 0.826 bits per heavy atom. The molecule has 0 N–H and O–H groups in total. The summed E-state index contributed by atoms with van der Waals surface area (Å²) < 4.78 is 4.94. The quantitative estimate of drug-likeness (QED) is 0.234. The molecule has 23 heavy (non-hydrogen) atoms. The van der Waals surface area contributed by atoms with Crippen molar-refractivity contribution in [2.45, 2.75) is 110 Å². The van der Waals surface area contributed by atoms with E-state index >= 15 is 0 Å². The fourth-order valence-electron chi connectivity index (χ4n) is 3.58. The second-order valence-electron chi connectivity index (χ2n) is 7.50. The van der Waals surface area contributed by atoms with Crippen LogP contribution in [0.4, 0.5) is 0 Å². The third-order valence-corrected chi connectivity index (χ3v) is 5.31. The second-order valence-corrected chi connectivity index (χ2v) is 7.50. The molecule has 1 rings (SSSR count). The second kappa shape index (κ2) is 13.9. The fraction of sp³-hybridized carbons (Fsp3) is 0.952. The molecule has 0 aromatic rings. The van der Waals surface area contributed by atoms with Crippen molar-refractivity contribution >= 4 is 5.97 Å². The molecule has 1 aliphatic carbocycles. The van der Waals surface area contributed by atoms with Crippen LogP contribution in [0.1, 0.15) is 110 Å². The van der Waals surface area contributed by atoms with E-state index in [0.717, 1.165) is 6.42 Å². The molecule has 2 nitrogen and oxygen atoms in total. The Hall–Kier alpha value is -0.530. The van der Waals surface area contributed by atoms with Crippen LogP contribution in [-0.2, 0) is 9.53 Å². The molecule has 0 saturated heterocycles. The van der Waals surface area contributed by atoms with Crippen LogP contribution in [0, 0.1) is 11.8 Å². The third kappa shape index (κ3) is 10.8. The van der Waals surface area contributed by atoms with E-state index in [1.165, 1.54) is 103 Å². The third-order valence-electron chi connectivity index (χ3n) is 5.31. The van der Waals surface area contributed by atoms with Crippen LogP contribution in [0.15, 0.2) is 0 Å². The molecule has 0 radical (unpaired) electrons. The van der Waals surface area contributed by atoms with Crippen LogP contribution in [0.25, 0.3) is 0 Å². The molecule has 0 heterocycles. The summed E-state index contributed by atoms with van der Waals surface area (Å²) in [4.78, 5) is 11.7. The normalized spacial score (nSPS) is 15.6. The highest BCUT2D eigenvalue weighted by molar-refractivity contribution is 5.73. The van der Waals surface area contributed by atoms with Crippen LogP contribution >= 0.6 is 0 Å². The number of ether oxygens (including phenoxy) is 1. The van der Waals surface area contributed by atoms with Gasteiger partial charge in [0.1, 0.15) is 0 Å². The van der Waals surface area contributed by atoms with Gasteiger partial charge >= 0.3 is 5.97 Å². The summed E-state index contributed by atoms with van der Waals surface area (Å²) in [6.45, 7) is 2.28. The van der Waals surface area contributed by atoms with Gasteiger partial charge in [-0.2, -0.15) is 0 Å². The predicted molar refractivity (Wildman–Crippen MR) is 98.5 cm³/mol. The number of hydrogen-bond acceptors (Lipinski definition) is 2. The largest absolute Gasteiger partial charge is 0.469 e. The molecule has 1 fully saturated rings. The minimum Gasteiger partial charge on any atom is -0.469 e. The average molecular weight is 325 g/mol. The molecule has 0 bridgehead atoms. The van der Waals surface area contributed by atoms with Crippen molar-refractivity contribution in [3.8, 4) is 0 Å². The van der Waals surface area contributed by atoms with Crippen molar-refractivity contribution in [3.05, 3.63) is 0 Å². The Morgan fingerprint density at radius 2 is 1.26 bits per heavy atom. The van der Waals surface area contributed by atoms with Crippen LogP contribution in [-0.4, -0.2) is 13.1 Å². The van der Waals surface area contributed by atoms with Gasteiger partial charge in [-0.25, -0.2) is 0 Å². The maximum Gasteiger partial charge on any atom is 0.308 e. The van der Waals surface area contributed by atoms with Gasteiger partial charge in [0, 0.05) is 0 Å². The zero-order valence-electron chi connectivity index (χ0n) is 15.8. The molecule has 0 spiro atoms. The van der Waals surface area contributed by atoms with Crippen molar-refractivity contribution in [3.63, 3.8) is 0 Å². The van der Waals surface area contributed by atoms with Gasteiger partial charge in [-0.05, 0) is 25.2 Å². The molecule has 0 aliphatic heterocycles. The van der Waals surface area contributed by atoms with E-state index < -0.39 is 0 Å². The van der Waals surface area contributed by atoms with Crippen LogP contribution in [0.2, 0.25) is 0 Å². The summed E-state index contributed by atoms with van der Waals surface area (Å²) in [6, 6.07) is 0. The molecular weight excluding hydrogens is 284 g/mol. The molecule has 1 aliphatic rings. The van der Waals surface area contributed by atoms with Crippen molar-refractivity contribution in [2.75, 3.05) is 7.11 Å². The van der Waals surface area contributed by atoms with E-state index in [1.54, 1.807) is 0 Å². The van der Waals surface area contributed by atoms with Crippen molar-refractivity contribution in [2.24, 2.45) is 11.8 Å². The smallest absolute Gasteiger partial charge is 0.308 e. The monoisotopic (exact) mass is 324 g/mol. The number of rotatable bonds is 16. The van der Waals surface area contributed by atoms with Crippen LogP contribution < -0.4 is 0 Å². The van der Waals surface area contributed by atoms with Crippen molar-refractivity contribution in [1.82, 2.24) is 0 Å². The Labute approximate surface area is 144 Å². The van der Waals surface area contributed by atoms with Gasteiger partial charge < -0.3 is 4.74 Å². The minimum absolute atomic E-state index is 0.0337. The zero-order chi connectivity index (χ0) is 16.8. The lowest BCUT2D eigenvalue weighted by Gasteiger charge is -2.13. The predicted octanol–water partition coefficient (Wildman–Crippen LogP) is 6.67. The van der Waals surface area contributed by atoms with Gasteiger partial charge in [-0.15, -0.1) is 0 Å². The van der Waals surface area contributed by atoms with Crippen LogP contribution in [0.5, 0.6) is 0 Å². The van der Waals surface area contributed by atoms with Crippen molar-refractivity contribution in [1.29, 1.82) is 0 Å². The van der Waals surface area contributed by atoms with E-state index in [4.69, 9.17) is 4.74 Å². The molecule has 0 aromatic carbocycles. The van der Waals surface area contributed by atoms with E-state index in [-0.39, 0.29) is 11.9 Å². The summed E-state index contributed by atoms with van der Waals surface area (Å²) >= 11 is 0. The Balaban J connectivity index is 1.81. The molecule has 136 valence electrons. The lowest BCUT2D eigenvalue weighted by Crippen LogP contribution is -2.18. The summed E-state index contributed by atoms with van der Waals surface area (Å²) in [5, 5.41) is 0. The molecule has 1 unspecified atom stereocenters. The Bertz CT molecular complexity index is 284. The SMILES string of the molecule is CCCCCCCCCCCCCCCC(C(=O)OC)C1CC1. The highest BCUT2D eigenvalue weighted by Gasteiger charge is 2.36. The fourth-order valence-corrected chi connectivity index (χ4v) is 3.58. The number of carbonyl (C=O) groups is 1. The summed E-state index contributed by atoms with van der Waals surface area (Å²) in [6.07, 6.45) is 21.5. The van der Waals surface area contributed by atoms with Gasteiger partial charge in [-0.3, -0.25) is 4.79 Å². The van der Waals surface area contributed by atoms with E-state index in [2.05, 4.69) is 6.92 Å². The van der Waals surface area contributed by atoms with Crippen LogP contribution in [0.3, 0.4) is 0 Å². The van der Waals surface area contributed by atoms with E-state index in [1.807, 2.05) is 0 Å². The topological polar surface area (TPSA) is 26.3 Å². The van der Waals surface area contributed by atoms with Gasteiger partial charge in [0.25, 0.3) is 0 Å². The molecular formula is C21H40O2.